The molecule has 0 bridgehead atoms. The van der Waals surface area contributed by atoms with Crippen molar-refractivity contribution in [2.45, 2.75) is 70.9 Å². The van der Waals surface area contributed by atoms with Crippen LogP contribution >= 0.6 is 14.3 Å². The third-order valence-corrected chi connectivity index (χ3v) is 18.9. The van der Waals surface area contributed by atoms with E-state index in [0.29, 0.717) is 46.0 Å². The van der Waals surface area contributed by atoms with E-state index in [1.807, 2.05) is 68.4 Å². The fourth-order valence-electron chi connectivity index (χ4n) is 10.9. The van der Waals surface area contributed by atoms with Crippen molar-refractivity contribution < 1.29 is 143 Å². The van der Waals surface area contributed by atoms with Gasteiger partial charge in [-0.15, -0.1) is 0 Å². The Kier molecular flexibility index (Phi) is 30.8. The number of anilines is 9. The molecule has 3 aliphatic heterocycles. The Morgan fingerprint density at radius 1 is 0.596 bits per heavy atom. The summed E-state index contributed by atoms with van der Waals surface area (Å²) < 4.78 is 38.9. The van der Waals surface area contributed by atoms with Crippen LogP contribution < -0.4 is 145 Å². The summed E-state index contributed by atoms with van der Waals surface area (Å²) in [7, 11) is -0.631. The van der Waals surface area contributed by atoms with Crippen LogP contribution in [0.25, 0.3) is 0 Å². The molecule has 4 aromatic carbocycles. The Morgan fingerprint density at radius 2 is 1.00 bits per heavy atom. The second-order valence-corrected chi connectivity index (χ2v) is 29.3. The number of carbonyl (C=O) groups excluding carboxylic acids is 1. The van der Waals surface area contributed by atoms with E-state index in [4.69, 9.17) is 10.1 Å². The number of hydrogen-bond acceptors (Lipinski definition) is 22. The Morgan fingerprint density at radius 3 is 1.42 bits per heavy atom. The van der Waals surface area contributed by atoms with Crippen molar-refractivity contribution in [1.82, 2.24) is 39.5 Å². The van der Waals surface area contributed by atoms with Crippen LogP contribution in [0.15, 0.2) is 97.3 Å². The maximum absolute atomic E-state index is 13.5. The Bertz CT molecular complexity index is 3400. The van der Waals surface area contributed by atoms with Gasteiger partial charge in [0.2, 0.25) is 17.7 Å². The third kappa shape index (κ3) is 22.8. The van der Waals surface area contributed by atoms with Gasteiger partial charge in [0.25, 0.3) is 12.2 Å². The number of para-hydroxylation sites is 2. The standard InChI is InChI=1S/C29H39N8O3P.C19H19FN5O3P.C11H22N2.CH2O3.2K.H/c1-21-20-30-29(33-28(21)32-24-7-5-6-8-27(24)41(3,4)40)31-22-9-10-25(26(19-22)37(38)39)36-13-11-23(12-14-36)35-17-15-34(2)16-18-35;1-12-11-21-19(22-13-8-9-14(20)16(10-13)25(26)27)24-18(12)23-15-6-4-5-7-17(15)29(2,3)28;1-12-7-9-13(10-8-12)11-5-3-2-4-6-11;2-1-4-3;;;/h5-10,19-20,23H,11-18H2,1-4H3,(H2,30,31,32,33);4-11H,1-3H3,(H2,21,22,23,24);11H,2-10H2,1H3;1,3H;;;/q;;;;2*+1;-1/p-1. The summed E-state index contributed by atoms with van der Waals surface area (Å²) >= 11 is 0. The average Bonchev–Trinajstić information content (AvgIpc) is 1.08. The molecule has 3 saturated heterocycles. The number of hydrogen-bond donors (Lipinski definition) is 4. The molecule has 24 nitrogen and oxygen atoms in total. The monoisotopic (exact) mass is 1320 g/mol. The molecule has 4 N–H and O–H groups in total. The number of likely N-dealkylation sites (N-methyl/N-ethyl adjacent to an activating group) is 2. The van der Waals surface area contributed by atoms with Crippen molar-refractivity contribution in [1.29, 1.82) is 0 Å². The van der Waals surface area contributed by atoms with Crippen LogP contribution in [0.5, 0.6) is 0 Å². The molecule has 1 aliphatic carbocycles. The summed E-state index contributed by atoms with van der Waals surface area (Å²) in [6.45, 7) is 21.5. The predicted octanol–water partition coefficient (Wildman–Crippen LogP) is 3.33. The summed E-state index contributed by atoms with van der Waals surface area (Å²) in [6, 6.07) is 24.9. The van der Waals surface area contributed by atoms with Crippen molar-refractivity contribution in [3.63, 3.8) is 0 Å². The van der Waals surface area contributed by atoms with E-state index in [-0.39, 0.29) is 133 Å². The van der Waals surface area contributed by atoms with Gasteiger partial charge in [0.05, 0.1) is 21.2 Å². The molecule has 470 valence electrons. The van der Waals surface area contributed by atoms with E-state index in [0.717, 1.165) is 92.4 Å². The van der Waals surface area contributed by atoms with Gasteiger partial charge in [-0.25, -0.2) is 9.97 Å². The maximum atomic E-state index is 13.5. The van der Waals surface area contributed by atoms with E-state index in [1.165, 1.54) is 64.3 Å². The van der Waals surface area contributed by atoms with Gasteiger partial charge < -0.3 is 56.7 Å². The Labute approximate surface area is 607 Å². The smallest absolute Gasteiger partial charge is 1.00 e. The average molecular weight is 1320 g/mol. The largest absolute Gasteiger partial charge is 1.00 e. The van der Waals surface area contributed by atoms with Gasteiger partial charge in [-0.3, -0.25) is 34.8 Å². The van der Waals surface area contributed by atoms with Crippen molar-refractivity contribution in [3.05, 3.63) is 134 Å². The maximum Gasteiger partial charge on any atom is 1.00 e. The minimum atomic E-state index is -2.52. The van der Waals surface area contributed by atoms with Crippen LogP contribution in [-0.4, -0.2) is 174 Å². The van der Waals surface area contributed by atoms with Gasteiger partial charge >= 0.3 is 108 Å². The topological polar surface area (TPSA) is 286 Å². The van der Waals surface area contributed by atoms with Gasteiger partial charge in [-0.05, 0) is 129 Å². The summed E-state index contributed by atoms with van der Waals surface area (Å²) in [6.07, 6.45) is 12.6. The number of aryl methyl sites for hydroxylation is 2. The number of rotatable bonds is 16. The molecule has 4 aliphatic rings. The van der Waals surface area contributed by atoms with Crippen LogP contribution in [-0.2, 0) is 18.8 Å². The first-order valence-corrected chi connectivity index (χ1v) is 34.3. The first kappa shape index (κ1) is 75.5. The molecule has 5 heterocycles. The molecule has 0 atom stereocenters. The Hall–Kier alpha value is -4.23. The van der Waals surface area contributed by atoms with E-state index in [2.05, 4.69) is 84.7 Å². The number of aromatic nitrogens is 4. The number of benzene rings is 4. The van der Waals surface area contributed by atoms with Crippen LogP contribution in [0.2, 0.25) is 0 Å². The SMILES string of the molecule is CN1CCN(C2CCCCC2)CC1.Cc1cnc(Nc2ccc(F)c([N+](=O)[O-])c2)nc1Nc1ccccc1P(C)(C)=O.Cc1cnc(Nc2ccc(N3CCC(N4CCN(C)CC4)CC3)c([N+](=O)[O-])c2)nc1Nc1ccccc1P(C)(C)=O.O=CO[O-].[H-].[K+].[K+]. The van der Waals surface area contributed by atoms with Crippen LogP contribution in [0.3, 0.4) is 0 Å². The van der Waals surface area contributed by atoms with Crippen molar-refractivity contribution in [2.24, 2.45) is 0 Å². The van der Waals surface area contributed by atoms with Crippen LogP contribution in [0.4, 0.5) is 67.7 Å². The first-order valence-electron chi connectivity index (χ1n) is 29.1. The van der Waals surface area contributed by atoms with Gasteiger partial charge in [0.1, 0.15) is 31.6 Å². The van der Waals surface area contributed by atoms with Crippen LogP contribution in [0, 0.1) is 39.9 Å². The van der Waals surface area contributed by atoms with Gasteiger partial charge in [-0.2, -0.15) is 14.4 Å². The number of nitrogens with one attached hydrogen (secondary N) is 4. The fourth-order valence-corrected chi connectivity index (χ4v) is 13.2. The predicted molar refractivity (Wildman–Crippen MR) is 342 cm³/mol. The number of nitro benzene ring substituents is 2. The molecule has 1 saturated carbocycles. The summed E-state index contributed by atoms with van der Waals surface area (Å²) in [4.78, 5) is 63.0. The molecule has 2 aromatic heterocycles. The fraction of sp³-hybridized carbons (Fsp3) is 0.450. The molecular formula is C60H82FK2N15O9P2. The summed E-state index contributed by atoms with van der Waals surface area (Å²) in [5.74, 6) is 0.611. The minimum Gasteiger partial charge on any atom is -1.00 e. The second-order valence-electron chi connectivity index (χ2n) is 23.0. The van der Waals surface area contributed by atoms with Gasteiger partial charge in [0, 0.05) is 135 Å². The first-order chi connectivity index (χ1) is 41.5. The normalized spacial score (nSPS) is 16.2. The molecule has 0 radical (unpaired) electrons. The van der Waals surface area contributed by atoms with E-state index < -0.39 is 30.7 Å². The molecule has 0 spiro atoms. The number of carbonyl (C=O) groups is 1. The van der Waals surface area contributed by atoms with Crippen molar-refractivity contribution >= 4 is 94.7 Å². The van der Waals surface area contributed by atoms with Crippen molar-refractivity contribution in [3.8, 4) is 0 Å². The molecule has 4 fully saturated rings. The summed E-state index contributed by atoms with van der Waals surface area (Å²) in [5, 5.41) is 45.3. The number of halogens is 1. The molecule has 29 heteroatoms. The summed E-state index contributed by atoms with van der Waals surface area (Å²) in [5.41, 5.74) is 3.84. The second kappa shape index (κ2) is 36.3. The molecule has 0 amide bonds. The van der Waals surface area contributed by atoms with Crippen LogP contribution in [0.1, 0.15) is 57.5 Å². The van der Waals surface area contributed by atoms with Gasteiger partial charge in [-0.1, -0.05) is 43.5 Å². The van der Waals surface area contributed by atoms with Crippen molar-refractivity contribution in [2.75, 3.05) is 132 Å². The quantitative estimate of drug-likeness (QED) is 0.0270. The van der Waals surface area contributed by atoms with Gasteiger partial charge in [0.15, 0.2) is 0 Å². The number of nitrogens with zero attached hydrogens (tertiary/aromatic N) is 11. The third-order valence-electron chi connectivity index (χ3n) is 15.8. The minimum absolute atomic E-state index is 0. The number of nitro groups is 2. The van der Waals surface area contributed by atoms with E-state index in [1.54, 1.807) is 51.2 Å². The molecule has 0 unspecified atom stereocenters. The molecule has 6 aromatic rings. The molecular weight excluding hydrogens is 1230 g/mol. The molecule has 10 rings (SSSR count). The zero-order valence-corrected chi connectivity index (χ0v) is 60.9. The number of piperidine rings is 1. The van der Waals surface area contributed by atoms with E-state index >= 15 is 0 Å². The Balaban J connectivity index is 0.000000306. The van der Waals surface area contributed by atoms with E-state index in [9.17, 15) is 33.7 Å². The zero-order valence-electron chi connectivity index (χ0n) is 53.9. The molecule has 89 heavy (non-hydrogen) atoms. The zero-order chi connectivity index (χ0) is 62.8. The number of piperazine rings is 2.